The second-order valence-electron chi connectivity index (χ2n) is 7.40. The normalized spacial score (nSPS) is 17.8. The van der Waals surface area contributed by atoms with Crippen molar-refractivity contribution in [2.24, 2.45) is 4.99 Å². The molecule has 29 heavy (non-hydrogen) atoms. The summed E-state index contributed by atoms with van der Waals surface area (Å²) in [6.07, 6.45) is 4.34. The highest BCUT2D eigenvalue weighted by Gasteiger charge is 2.15. The van der Waals surface area contributed by atoms with E-state index in [1.807, 2.05) is 31.2 Å². The number of carbonyl (C=O) groups is 1. The summed E-state index contributed by atoms with van der Waals surface area (Å²) < 4.78 is 11.2. The monoisotopic (exact) mass is 404 g/mol. The third kappa shape index (κ3) is 8.83. The number of nitrogens with one attached hydrogen (secondary N) is 3. The van der Waals surface area contributed by atoms with E-state index in [1.54, 1.807) is 7.05 Å². The van der Waals surface area contributed by atoms with Crippen LogP contribution in [0.4, 0.5) is 0 Å². The number of guanidine groups is 1. The summed E-state index contributed by atoms with van der Waals surface area (Å²) in [5.74, 6) is 0.699. The molecule has 162 valence electrons. The molecule has 2 rings (SSSR count). The topological polar surface area (TPSA) is 84.0 Å². The zero-order valence-corrected chi connectivity index (χ0v) is 18.0. The van der Waals surface area contributed by atoms with Crippen molar-refractivity contribution >= 4 is 11.9 Å². The van der Waals surface area contributed by atoms with Gasteiger partial charge in [0.05, 0.1) is 12.7 Å². The van der Waals surface area contributed by atoms with Crippen molar-refractivity contribution in [2.45, 2.75) is 58.2 Å². The van der Waals surface area contributed by atoms with Gasteiger partial charge in [-0.05, 0) is 50.3 Å². The predicted octanol–water partition coefficient (Wildman–Crippen LogP) is 2.47. The Kier molecular flexibility index (Phi) is 10.5. The molecule has 2 unspecified atom stereocenters. The predicted molar refractivity (Wildman–Crippen MR) is 116 cm³/mol. The molecule has 1 aromatic carbocycles. The molecule has 1 amide bonds. The van der Waals surface area contributed by atoms with E-state index in [-0.39, 0.29) is 18.1 Å². The highest BCUT2D eigenvalue weighted by Crippen LogP contribution is 2.11. The highest BCUT2D eigenvalue weighted by molar-refractivity contribution is 5.94. The molecular formula is C22H36N4O3. The van der Waals surface area contributed by atoms with Gasteiger partial charge in [-0.25, -0.2) is 0 Å². The Hall–Kier alpha value is -2.12. The fraction of sp³-hybridized carbons (Fsp3) is 0.636. The van der Waals surface area contributed by atoms with Gasteiger partial charge in [0.15, 0.2) is 5.96 Å². The Labute approximate surface area is 174 Å². The molecule has 0 aromatic heterocycles. The number of hydrogen-bond acceptors (Lipinski definition) is 4. The number of carbonyl (C=O) groups excluding carboxylic acids is 1. The Balaban J connectivity index is 1.66. The van der Waals surface area contributed by atoms with Gasteiger partial charge >= 0.3 is 0 Å². The van der Waals surface area contributed by atoms with E-state index in [4.69, 9.17) is 9.47 Å². The van der Waals surface area contributed by atoms with Crippen LogP contribution in [0.1, 0.15) is 55.5 Å². The average Bonchev–Trinajstić information content (AvgIpc) is 3.26. The summed E-state index contributed by atoms with van der Waals surface area (Å²) in [5, 5.41) is 9.57. The van der Waals surface area contributed by atoms with Gasteiger partial charge in [0.2, 0.25) is 0 Å². The average molecular weight is 405 g/mol. The molecule has 1 fully saturated rings. The highest BCUT2D eigenvalue weighted by atomic mass is 16.5. The standard InChI is InChI=1S/C22H36N4O3/c1-4-17(2)26-21(27)19-9-5-8-18(14-19)15-25-22(23-3)24-11-7-12-28-16-20-10-6-13-29-20/h5,8-9,14,17,20H,4,6-7,10-13,15-16H2,1-3H3,(H,26,27)(H2,23,24,25). The van der Waals surface area contributed by atoms with Gasteiger partial charge in [0.25, 0.3) is 5.91 Å². The fourth-order valence-electron chi connectivity index (χ4n) is 3.01. The third-order valence-corrected chi connectivity index (χ3v) is 4.95. The SMILES string of the molecule is CCC(C)NC(=O)c1cccc(CNC(=NC)NCCCOCC2CCCO2)c1. The molecule has 1 aromatic rings. The van der Waals surface area contributed by atoms with E-state index >= 15 is 0 Å². The Morgan fingerprint density at radius 3 is 2.97 bits per heavy atom. The maximum atomic E-state index is 12.3. The lowest BCUT2D eigenvalue weighted by Gasteiger charge is -2.14. The lowest BCUT2D eigenvalue weighted by molar-refractivity contribution is 0.0168. The molecule has 1 heterocycles. The van der Waals surface area contributed by atoms with Crippen LogP contribution in [-0.2, 0) is 16.0 Å². The molecule has 1 aliphatic rings. The van der Waals surface area contributed by atoms with Crippen molar-refractivity contribution < 1.29 is 14.3 Å². The van der Waals surface area contributed by atoms with E-state index < -0.39 is 0 Å². The molecule has 1 saturated heterocycles. The van der Waals surface area contributed by atoms with E-state index in [9.17, 15) is 4.79 Å². The third-order valence-electron chi connectivity index (χ3n) is 4.95. The lowest BCUT2D eigenvalue weighted by atomic mass is 10.1. The number of rotatable bonds is 11. The first-order valence-corrected chi connectivity index (χ1v) is 10.7. The van der Waals surface area contributed by atoms with Crippen molar-refractivity contribution in [2.75, 3.05) is 33.4 Å². The number of benzene rings is 1. The first kappa shape index (κ1) is 23.2. The van der Waals surface area contributed by atoms with Crippen LogP contribution >= 0.6 is 0 Å². The number of amides is 1. The summed E-state index contributed by atoms with van der Waals surface area (Å²) in [7, 11) is 1.75. The number of ether oxygens (including phenoxy) is 2. The first-order chi connectivity index (χ1) is 14.1. The van der Waals surface area contributed by atoms with Crippen LogP contribution in [0.3, 0.4) is 0 Å². The van der Waals surface area contributed by atoms with Crippen LogP contribution in [0.5, 0.6) is 0 Å². The van der Waals surface area contributed by atoms with Crippen molar-refractivity contribution in [3.8, 4) is 0 Å². The van der Waals surface area contributed by atoms with Gasteiger partial charge in [-0.2, -0.15) is 0 Å². The minimum absolute atomic E-state index is 0.0355. The molecule has 0 aliphatic carbocycles. The van der Waals surface area contributed by atoms with Crippen molar-refractivity contribution in [3.63, 3.8) is 0 Å². The molecule has 1 aliphatic heterocycles. The minimum atomic E-state index is -0.0355. The van der Waals surface area contributed by atoms with Crippen LogP contribution in [0.2, 0.25) is 0 Å². The minimum Gasteiger partial charge on any atom is -0.379 e. The zero-order valence-electron chi connectivity index (χ0n) is 18.0. The molecule has 3 N–H and O–H groups in total. The van der Waals surface area contributed by atoms with E-state index in [0.717, 1.165) is 50.4 Å². The molecule has 7 heteroatoms. The lowest BCUT2D eigenvalue weighted by Crippen LogP contribution is -2.37. The summed E-state index contributed by atoms with van der Waals surface area (Å²) in [6.45, 7) is 7.70. The van der Waals surface area contributed by atoms with Crippen molar-refractivity contribution in [3.05, 3.63) is 35.4 Å². The quantitative estimate of drug-likeness (QED) is 0.300. The van der Waals surface area contributed by atoms with Crippen LogP contribution in [0, 0.1) is 0 Å². The molecule has 2 atom stereocenters. The molecular weight excluding hydrogens is 368 g/mol. The van der Waals surface area contributed by atoms with Gasteiger partial charge < -0.3 is 25.4 Å². The molecule has 0 saturated carbocycles. The molecule has 7 nitrogen and oxygen atoms in total. The summed E-state index contributed by atoms with van der Waals surface area (Å²) in [4.78, 5) is 16.5. The maximum absolute atomic E-state index is 12.3. The van der Waals surface area contributed by atoms with Crippen molar-refractivity contribution in [1.29, 1.82) is 0 Å². The Bertz CT molecular complexity index is 645. The van der Waals surface area contributed by atoms with Crippen LogP contribution < -0.4 is 16.0 Å². The fourth-order valence-corrected chi connectivity index (χ4v) is 3.01. The Morgan fingerprint density at radius 1 is 1.38 bits per heavy atom. The van der Waals surface area contributed by atoms with E-state index in [2.05, 4.69) is 27.9 Å². The van der Waals surface area contributed by atoms with E-state index in [0.29, 0.717) is 25.3 Å². The second-order valence-corrected chi connectivity index (χ2v) is 7.40. The second kappa shape index (κ2) is 13.2. The maximum Gasteiger partial charge on any atom is 0.251 e. The van der Waals surface area contributed by atoms with Crippen molar-refractivity contribution in [1.82, 2.24) is 16.0 Å². The molecule has 0 bridgehead atoms. The van der Waals surface area contributed by atoms with Gasteiger partial charge in [-0.1, -0.05) is 19.1 Å². The summed E-state index contributed by atoms with van der Waals surface area (Å²) in [6, 6.07) is 7.83. The largest absolute Gasteiger partial charge is 0.379 e. The summed E-state index contributed by atoms with van der Waals surface area (Å²) >= 11 is 0. The zero-order chi connectivity index (χ0) is 20.9. The molecule has 0 spiro atoms. The van der Waals surface area contributed by atoms with Gasteiger partial charge in [0, 0.05) is 45.0 Å². The van der Waals surface area contributed by atoms with Crippen LogP contribution in [0.15, 0.2) is 29.3 Å². The number of nitrogens with zero attached hydrogens (tertiary/aromatic N) is 1. The molecule has 0 radical (unpaired) electrons. The number of hydrogen-bond donors (Lipinski definition) is 3. The van der Waals surface area contributed by atoms with Gasteiger partial charge in [-0.3, -0.25) is 9.79 Å². The van der Waals surface area contributed by atoms with Crippen LogP contribution in [0.25, 0.3) is 0 Å². The van der Waals surface area contributed by atoms with Crippen LogP contribution in [-0.4, -0.2) is 57.4 Å². The van der Waals surface area contributed by atoms with E-state index in [1.165, 1.54) is 0 Å². The smallest absolute Gasteiger partial charge is 0.251 e. The van der Waals surface area contributed by atoms with Gasteiger partial charge in [-0.15, -0.1) is 0 Å². The first-order valence-electron chi connectivity index (χ1n) is 10.7. The Morgan fingerprint density at radius 2 is 2.24 bits per heavy atom. The number of aliphatic imine (C=N–C) groups is 1. The van der Waals surface area contributed by atoms with Gasteiger partial charge in [0.1, 0.15) is 0 Å². The summed E-state index contributed by atoms with van der Waals surface area (Å²) in [5.41, 5.74) is 1.71.